The molecule has 0 spiro atoms. The fraction of sp³-hybridized carbons (Fsp3) is 0.750. The Morgan fingerprint density at radius 1 is 1.11 bits per heavy atom. The van der Waals surface area contributed by atoms with Crippen LogP contribution in [-0.2, 0) is 0 Å². The van der Waals surface area contributed by atoms with E-state index in [0.29, 0.717) is 6.04 Å². The average Bonchev–Trinajstić information content (AvgIpc) is 2.79. The van der Waals surface area contributed by atoms with Gasteiger partial charge < -0.3 is 9.73 Å². The molecule has 1 aromatic heterocycles. The molecule has 104 valence electrons. The zero-order valence-corrected chi connectivity index (χ0v) is 12.3. The lowest BCUT2D eigenvalue weighted by molar-refractivity contribution is 0.460. The Morgan fingerprint density at radius 3 is 2.50 bits per heavy atom. The van der Waals surface area contributed by atoms with Crippen molar-refractivity contribution in [2.45, 2.75) is 71.8 Å². The number of rotatable bonds is 10. The molecule has 0 bridgehead atoms. The van der Waals surface area contributed by atoms with Crippen molar-refractivity contribution in [3.05, 3.63) is 23.7 Å². The van der Waals surface area contributed by atoms with E-state index in [0.717, 1.165) is 12.3 Å². The first-order valence-electron chi connectivity index (χ1n) is 7.56. The highest BCUT2D eigenvalue weighted by atomic mass is 16.3. The highest BCUT2D eigenvalue weighted by Gasteiger charge is 2.12. The number of nitrogens with one attached hydrogen (secondary N) is 1. The van der Waals surface area contributed by atoms with Crippen molar-refractivity contribution in [1.29, 1.82) is 0 Å². The lowest BCUT2D eigenvalue weighted by Gasteiger charge is -2.16. The minimum atomic E-state index is 0.476. The van der Waals surface area contributed by atoms with Gasteiger partial charge in [0, 0.05) is 11.6 Å². The Kier molecular flexibility index (Phi) is 7.83. The van der Waals surface area contributed by atoms with Gasteiger partial charge in [-0.2, -0.15) is 0 Å². The predicted octanol–water partition coefficient (Wildman–Crippen LogP) is 4.99. The van der Waals surface area contributed by atoms with Crippen LogP contribution in [-0.4, -0.2) is 6.54 Å². The molecular formula is C16H29NO. The maximum absolute atomic E-state index is 5.43. The first kappa shape index (κ1) is 15.3. The first-order valence-corrected chi connectivity index (χ1v) is 7.56. The van der Waals surface area contributed by atoms with Crippen LogP contribution >= 0.6 is 0 Å². The van der Waals surface area contributed by atoms with Crippen LogP contribution in [0.2, 0.25) is 0 Å². The molecule has 1 atom stereocenters. The fourth-order valence-corrected chi connectivity index (χ4v) is 2.30. The highest BCUT2D eigenvalue weighted by molar-refractivity contribution is 5.16. The van der Waals surface area contributed by atoms with Crippen LogP contribution in [0.15, 0.2) is 16.7 Å². The number of hydrogen-bond donors (Lipinski definition) is 1. The van der Waals surface area contributed by atoms with E-state index in [1.54, 1.807) is 0 Å². The van der Waals surface area contributed by atoms with E-state index < -0.39 is 0 Å². The van der Waals surface area contributed by atoms with Crippen molar-refractivity contribution >= 4 is 0 Å². The Bertz CT molecular complexity index is 306. The fourth-order valence-electron chi connectivity index (χ4n) is 2.30. The lowest BCUT2D eigenvalue weighted by atomic mass is 10.0. The Labute approximate surface area is 112 Å². The van der Waals surface area contributed by atoms with E-state index in [9.17, 15) is 0 Å². The van der Waals surface area contributed by atoms with E-state index in [-0.39, 0.29) is 0 Å². The Balaban J connectivity index is 2.36. The summed E-state index contributed by atoms with van der Waals surface area (Å²) in [5, 5.41) is 3.63. The van der Waals surface area contributed by atoms with Crippen LogP contribution in [0.25, 0.3) is 0 Å². The van der Waals surface area contributed by atoms with E-state index in [2.05, 4.69) is 25.2 Å². The van der Waals surface area contributed by atoms with Gasteiger partial charge in [0.2, 0.25) is 0 Å². The third kappa shape index (κ3) is 5.72. The second kappa shape index (κ2) is 9.21. The smallest absolute Gasteiger partial charge is 0.101 e. The van der Waals surface area contributed by atoms with Gasteiger partial charge in [-0.15, -0.1) is 0 Å². The summed E-state index contributed by atoms with van der Waals surface area (Å²) in [6.45, 7) is 7.58. The predicted molar refractivity (Wildman–Crippen MR) is 77.9 cm³/mol. The molecule has 0 aromatic carbocycles. The number of unbranched alkanes of at least 4 members (excludes halogenated alkanes) is 4. The molecule has 0 saturated carbocycles. The third-order valence-corrected chi connectivity index (χ3v) is 3.39. The topological polar surface area (TPSA) is 25.2 Å². The van der Waals surface area contributed by atoms with Gasteiger partial charge >= 0.3 is 0 Å². The van der Waals surface area contributed by atoms with Crippen LogP contribution in [0.3, 0.4) is 0 Å². The van der Waals surface area contributed by atoms with Gasteiger partial charge in [-0.1, -0.05) is 46.0 Å². The number of aryl methyl sites for hydroxylation is 1. The van der Waals surface area contributed by atoms with E-state index in [1.165, 1.54) is 50.5 Å². The molecule has 0 aliphatic heterocycles. The number of furan rings is 1. The molecule has 1 rings (SSSR count). The maximum Gasteiger partial charge on any atom is 0.101 e. The standard InChI is InChI=1S/C16H29NO/c1-4-6-7-8-9-10-16(17-11-5-2)15-12-14(3)18-13-15/h12-13,16-17H,4-11H2,1-3H3. The van der Waals surface area contributed by atoms with E-state index >= 15 is 0 Å². The summed E-state index contributed by atoms with van der Waals surface area (Å²) in [6, 6.07) is 2.64. The van der Waals surface area contributed by atoms with Gasteiger partial charge in [-0.25, -0.2) is 0 Å². The normalized spacial score (nSPS) is 12.8. The number of hydrogen-bond acceptors (Lipinski definition) is 2. The van der Waals surface area contributed by atoms with Crippen molar-refractivity contribution in [3.63, 3.8) is 0 Å². The molecule has 0 fully saturated rings. The molecule has 2 heteroatoms. The van der Waals surface area contributed by atoms with Gasteiger partial charge in [0.25, 0.3) is 0 Å². The van der Waals surface area contributed by atoms with Crippen molar-refractivity contribution in [3.8, 4) is 0 Å². The summed E-state index contributed by atoms with van der Waals surface area (Å²) in [5.41, 5.74) is 1.32. The maximum atomic E-state index is 5.43. The molecule has 1 aromatic rings. The molecule has 0 aliphatic rings. The molecule has 0 amide bonds. The lowest BCUT2D eigenvalue weighted by Crippen LogP contribution is -2.21. The molecule has 18 heavy (non-hydrogen) atoms. The van der Waals surface area contributed by atoms with Crippen LogP contribution in [0, 0.1) is 6.92 Å². The quantitative estimate of drug-likeness (QED) is 0.593. The average molecular weight is 251 g/mol. The van der Waals surface area contributed by atoms with Gasteiger partial charge in [-0.3, -0.25) is 0 Å². The second-order valence-electron chi connectivity index (χ2n) is 5.20. The van der Waals surface area contributed by atoms with Crippen molar-refractivity contribution in [2.75, 3.05) is 6.54 Å². The van der Waals surface area contributed by atoms with Gasteiger partial charge in [-0.05, 0) is 32.4 Å². The van der Waals surface area contributed by atoms with Crippen LogP contribution < -0.4 is 5.32 Å². The molecule has 1 heterocycles. The van der Waals surface area contributed by atoms with Crippen LogP contribution in [0.1, 0.15) is 76.2 Å². The minimum absolute atomic E-state index is 0.476. The SMILES string of the molecule is CCCCCCCC(NCCC)c1coc(C)c1. The van der Waals surface area contributed by atoms with Crippen LogP contribution in [0.4, 0.5) is 0 Å². The zero-order chi connectivity index (χ0) is 13.2. The summed E-state index contributed by atoms with van der Waals surface area (Å²) in [5.74, 6) is 1.01. The second-order valence-corrected chi connectivity index (χ2v) is 5.20. The van der Waals surface area contributed by atoms with Crippen LogP contribution in [0.5, 0.6) is 0 Å². The van der Waals surface area contributed by atoms with Gasteiger partial charge in [0.15, 0.2) is 0 Å². The Hall–Kier alpha value is -0.760. The van der Waals surface area contributed by atoms with Gasteiger partial charge in [0.1, 0.15) is 5.76 Å². The van der Waals surface area contributed by atoms with E-state index in [1.807, 2.05) is 13.2 Å². The Morgan fingerprint density at radius 2 is 1.89 bits per heavy atom. The summed E-state index contributed by atoms with van der Waals surface area (Å²) >= 11 is 0. The molecule has 1 unspecified atom stereocenters. The third-order valence-electron chi connectivity index (χ3n) is 3.39. The molecule has 0 radical (unpaired) electrons. The van der Waals surface area contributed by atoms with Gasteiger partial charge in [0.05, 0.1) is 6.26 Å². The van der Waals surface area contributed by atoms with Crippen molar-refractivity contribution in [2.24, 2.45) is 0 Å². The summed E-state index contributed by atoms with van der Waals surface area (Å²) < 4.78 is 5.43. The molecule has 2 nitrogen and oxygen atoms in total. The first-order chi connectivity index (χ1) is 8.77. The minimum Gasteiger partial charge on any atom is -0.469 e. The molecule has 0 aliphatic carbocycles. The summed E-state index contributed by atoms with van der Waals surface area (Å²) in [7, 11) is 0. The summed E-state index contributed by atoms with van der Waals surface area (Å²) in [6.07, 6.45) is 11.1. The van der Waals surface area contributed by atoms with E-state index in [4.69, 9.17) is 4.42 Å². The molecular weight excluding hydrogens is 222 g/mol. The molecule has 1 N–H and O–H groups in total. The molecule has 0 saturated heterocycles. The monoisotopic (exact) mass is 251 g/mol. The highest BCUT2D eigenvalue weighted by Crippen LogP contribution is 2.22. The largest absolute Gasteiger partial charge is 0.469 e. The van der Waals surface area contributed by atoms with Crippen molar-refractivity contribution in [1.82, 2.24) is 5.32 Å². The zero-order valence-electron chi connectivity index (χ0n) is 12.3. The van der Waals surface area contributed by atoms with Crippen molar-refractivity contribution < 1.29 is 4.42 Å². The summed E-state index contributed by atoms with van der Waals surface area (Å²) in [4.78, 5) is 0.